The summed E-state index contributed by atoms with van der Waals surface area (Å²) in [6, 6.07) is 7.49. The summed E-state index contributed by atoms with van der Waals surface area (Å²) in [6.07, 6.45) is 6.41. The topological polar surface area (TPSA) is 55.4 Å². The maximum atomic E-state index is 11.9. The van der Waals surface area contributed by atoms with Gasteiger partial charge in [-0.15, -0.1) is 6.42 Å². The van der Waals surface area contributed by atoms with Crippen molar-refractivity contribution in [3.05, 3.63) is 29.8 Å². The molecule has 0 amide bonds. The molecule has 0 atom stereocenters. The first-order chi connectivity index (χ1) is 10.2. The maximum absolute atomic E-state index is 11.9. The zero-order chi connectivity index (χ0) is 16.6. The van der Waals surface area contributed by atoms with Crippen LogP contribution in [0.4, 0.5) is 0 Å². The highest BCUT2D eigenvalue weighted by atomic mass is 32.2. The van der Waals surface area contributed by atoms with Gasteiger partial charge in [-0.3, -0.25) is 0 Å². The summed E-state index contributed by atoms with van der Waals surface area (Å²) in [5.41, 5.74) is 1.06. The van der Waals surface area contributed by atoms with E-state index in [1.54, 1.807) is 0 Å². The van der Waals surface area contributed by atoms with Crippen molar-refractivity contribution in [2.75, 3.05) is 18.9 Å². The van der Waals surface area contributed by atoms with E-state index in [1.165, 1.54) is 0 Å². The van der Waals surface area contributed by atoms with Crippen LogP contribution in [0.1, 0.15) is 32.8 Å². The molecule has 0 aliphatic heterocycles. The minimum atomic E-state index is -3.20. The molecule has 0 saturated carbocycles. The van der Waals surface area contributed by atoms with E-state index in [0.29, 0.717) is 25.1 Å². The van der Waals surface area contributed by atoms with Crippen molar-refractivity contribution in [1.82, 2.24) is 4.72 Å². The molecule has 0 heterocycles. The molecule has 4 nitrogen and oxygen atoms in total. The van der Waals surface area contributed by atoms with Gasteiger partial charge in [-0.1, -0.05) is 38.8 Å². The van der Waals surface area contributed by atoms with Gasteiger partial charge in [-0.25, -0.2) is 13.1 Å². The van der Waals surface area contributed by atoms with Crippen molar-refractivity contribution >= 4 is 10.0 Å². The van der Waals surface area contributed by atoms with E-state index in [-0.39, 0.29) is 17.8 Å². The third kappa shape index (κ3) is 8.06. The number of terminal acetylenes is 1. The molecule has 0 aromatic heterocycles. The zero-order valence-electron chi connectivity index (χ0n) is 13.6. The lowest BCUT2D eigenvalue weighted by Crippen LogP contribution is -2.30. The number of nitrogens with one attached hydrogen (secondary N) is 1. The minimum absolute atomic E-state index is 0.0168. The molecule has 0 fully saturated rings. The quantitative estimate of drug-likeness (QED) is 0.748. The van der Waals surface area contributed by atoms with Crippen molar-refractivity contribution in [2.24, 2.45) is 5.41 Å². The SMILES string of the molecule is C#CCOc1ccc(CCNS(=O)(=O)CCC(C)(C)C)cc1. The van der Waals surface area contributed by atoms with Gasteiger partial charge in [0, 0.05) is 6.54 Å². The number of benzene rings is 1. The first kappa shape index (κ1) is 18.5. The van der Waals surface area contributed by atoms with E-state index in [4.69, 9.17) is 11.2 Å². The molecule has 1 aromatic rings. The Kier molecular flexibility index (Phi) is 6.92. The second-order valence-corrected chi connectivity index (χ2v) is 8.34. The molecule has 0 aliphatic rings. The second kappa shape index (κ2) is 8.21. The van der Waals surface area contributed by atoms with Crippen LogP contribution in [-0.4, -0.2) is 27.3 Å². The van der Waals surface area contributed by atoms with Crippen LogP contribution in [0.2, 0.25) is 0 Å². The monoisotopic (exact) mass is 323 g/mol. The summed E-state index contributed by atoms with van der Waals surface area (Å²) in [5, 5.41) is 0. The summed E-state index contributed by atoms with van der Waals surface area (Å²) < 4.78 is 31.7. The normalized spacial score (nSPS) is 11.9. The van der Waals surface area contributed by atoms with Crippen LogP contribution >= 0.6 is 0 Å². The highest BCUT2D eigenvalue weighted by Gasteiger charge is 2.16. The molecular weight excluding hydrogens is 298 g/mol. The molecular formula is C17H25NO3S. The van der Waals surface area contributed by atoms with E-state index < -0.39 is 10.0 Å². The number of hydrogen-bond acceptors (Lipinski definition) is 3. The number of rotatable bonds is 8. The molecule has 1 rings (SSSR count). The van der Waals surface area contributed by atoms with E-state index in [9.17, 15) is 8.42 Å². The van der Waals surface area contributed by atoms with Crippen molar-refractivity contribution in [3.8, 4) is 18.1 Å². The number of ether oxygens (including phenoxy) is 1. The fourth-order valence-electron chi connectivity index (χ4n) is 1.74. The van der Waals surface area contributed by atoms with Gasteiger partial charge in [0.15, 0.2) is 0 Å². The molecule has 5 heteroatoms. The zero-order valence-corrected chi connectivity index (χ0v) is 14.4. The first-order valence-electron chi connectivity index (χ1n) is 7.34. The summed E-state index contributed by atoms with van der Waals surface area (Å²) >= 11 is 0. The fourth-order valence-corrected chi connectivity index (χ4v) is 3.18. The molecule has 0 radical (unpaired) electrons. The van der Waals surface area contributed by atoms with Gasteiger partial charge in [-0.2, -0.15) is 0 Å². The smallest absolute Gasteiger partial charge is 0.211 e. The Morgan fingerprint density at radius 3 is 2.41 bits per heavy atom. The number of sulfonamides is 1. The van der Waals surface area contributed by atoms with Crippen molar-refractivity contribution in [3.63, 3.8) is 0 Å². The van der Waals surface area contributed by atoms with E-state index in [1.807, 2.05) is 45.0 Å². The predicted octanol–water partition coefficient (Wildman–Crippen LogP) is 2.60. The van der Waals surface area contributed by atoms with Gasteiger partial charge in [0.1, 0.15) is 12.4 Å². The minimum Gasteiger partial charge on any atom is -0.481 e. The Balaban J connectivity index is 2.39. The van der Waals surface area contributed by atoms with Crippen LogP contribution in [-0.2, 0) is 16.4 Å². The van der Waals surface area contributed by atoms with Gasteiger partial charge >= 0.3 is 0 Å². The fraction of sp³-hybridized carbons (Fsp3) is 0.529. The van der Waals surface area contributed by atoms with Gasteiger partial charge in [0.2, 0.25) is 10.0 Å². The van der Waals surface area contributed by atoms with Crippen LogP contribution in [0.25, 0.3) is 0 Å². The Morgan fingerprint density at radius 1 is 1.23 bits per heavy atom. The van der Waals surface area contributed by atoms with E-state index >= 15 is 0 Å². The van der Waals surface area contributed by atoms with E-state index in [2.05, 4.69) is 10.6 Å². The molecule has 0 aliphatic carbocycles. The third-order valence-corrected chi connectivity index (χ3v) is 4.49. The van der Waals surface area contributed by atoms with Gasteiger partial charge in [0.05, 0.1) is 5.75 Å². The van der Waals surface area contributed by atoms with Crippen LogP contribution in [0.15, 0.2) is 24.3 Å². The number of hydrogen-bond donors (Lipinski definition) is 1. The molecule has 1 aromatic carbocycles. The van der Waals surface area contributed by atoms with Crippen LogP contribution in [0.3, 0.4) is 0 Å². The summed E-state index contributed by atoms with van der Waals surface area (Å²) in [4.78, 5) is 0. The second-order valence-electron chi connectivity index (χ2n) is 6.41. The Labute approximate surface area is 134 Å². The molecule has 0 spiro atoms. The van der Waals surface area contributed by atoms with Gasteiger partial charge in [-0.05, 0) is 36.0 Å². The summed E-state index contributed by atoms with van der Waals surface area (Å²) in [6.45, 7) is 6.74. The van der Waals surface area contributed by atoms with Gasteiger partial charge in [0.25, 0.3) is 0 Å². The largest absolute Gasteiger partial charge is 0.481 e. The van der Waals surface area contributed by atoms with Crippen LogP contribution in [0.5, 0.6) is 5.75 Å². The maximum Gasteiger partial charge on any atom is 0.211 e. The first-order valence-corrected chi connectivity index (χ1v) is 9.00. The molecule has 22 heavy (non-hydrogen) atoms. The Morgan fingerprint density at radius 2 is 1.86 bits per heavy atom. The van der Waals surface area contributed by atoms with Crippen molar-refractivity contribution in [1.29, 1.82) is 0 Å². The lowest BCUT2D eigenvalue weighted by molar-refractivity contribution is 0.370. The molecule has 1 N–H and O–H groups in total. The molecule has 0 unspecified atom stereocenters. The van der Waals surface area contributed by atoms with Crippen LogP contribution in [0, 0.1) is 17.8 Å². The van der Waals surface area contributed by atoms with Crippen molar-refractivity contribution in [2.45, 2.75) is 33.6 Å². The third-order valence-electron chi connectivity index (χ3n) is 3.10. The average Bonchev–Trinajstić information content (AvgIpc) is 2.44. The lowest BCUT2D eigenvalue weighted by Gasteiger charge is -2.17. The lowest BCUT2D eigenvalue weighted by atomic mass is 9.94. The Hall–Kier alpha value is -1.51. The Bertz CT molecular complexity index is 592. The molecule has 0 bridgehead atoms. The molecule has 0 saturated heterocycles. The van der Waals surface area contributed by atoms with E-state index in [0.717, 1.165) is 5.56 Å². The summed E-state index contributed by atoms with van der Waals surface area (Å²) in [7, 11) is -3.20. The highest BCUT2D eigenvalue weighted by molar-refractivity contribution is 7.89. The standard InChI is InChI=1S/C17H25NO3S/c1-5-13-21-16-8-6-15(7-9-16)10-12-18-22(19,20)14-11-17(2,3)4/h1,6-9,18H,10-14H2,2-4H3. The highest BCUT2D eigenvalue weighted by Crippen LogP contribution is 2.19. The average molecular weight is 323 g/mol. The van der Waals surface area contributed by atoms with Crippen LogP contribution < -0.4 is 9.46 Å². The van der Waals surface area contributed by atoms with Gasteiger partial charge < -0.3 is 4.74 Å². The molecule has 122 valence electrons. The summed E-state index contributed by atoms with van der Waals surface area (Å²) in [5.74, 6) is 3.28. The van der Waals surface area contributed by atoms with Crippen molar-refractivity contribution < 1.29 is 13.2 Å². The predicted molar refractivity (Wildman–Crippen MR) is 90.3 cm³/mol.